The topological polar surface area (TPSA) is 18.5 Å². The fourth-order valence-electron chi connectivity index (χ4n) is 3.30. The lowest BCUT2D eigenvalue weighted by molar-refractivity contribution is -0.117. The standard InChI is InChI=1S/C21H15F3O2/c1-25-15-9-6-14(7-10-15)17-12-19(21(22,23)24)26-18-11-8-13-4-2-3-5-16(13)20(17)18/h2-12,17H,1H3. The highest BCUT2D eigenvalue weighted by atomic mass is 19.4. The summed E-state index contributed by atoms with van der Waals surface area (Å²) in [5.74, 6) is -0.660. The molecule has 0 saturated heterocycles. The Morgan fingerprint density at radius 3 is 2.35 bits per heavy atom. The van der Waals surface area contributed by atoms with Crippen molar-refractivity contribution in [2.45, 2.75) is 12.1 Å². The van der Waals surface area contributed by atoms with E-state index in [0.717, 1.165) is 28.0 Å². The SMILES string of the molecule is COc1ccc(C2C=C(C(F)(F)F)Oc3ccc4ccccc4c32)cc1. The quantitative estimate of drug-likeness (QED) is 0.576. The van der Waals surface area contributed by atoms with Gasteiger partial charge in [0.2, 0.25) is 5.76 Å². The molecule has 1 unspecified atom stereocenters. The molecule has 5 heteroatoms. The summed E-state index contributed by atoms with van der Waals surface area (Å²) in [4.78, 5) is 0. The Morgan fingerprint density at radius 1 is 0.923 bits per heavy atom. The van der Waals surface area contributed by atoms with Crippen LogP contribution in [0.5, 0.6) is 11.5 Å². The highest BCUT2D eigenvalue weighted by Crippen LogP contribution is 2.45. The zero-order valence-electron chi connectivity index (χ0n) is 13.9. The normalized spacial score (nSPS) is 16.6. The summed E-state index contributed by atoms with van der Waals surface area (Å²) in [7, 11) is 1.55. The molecular weight excluding hydrogens is 341 g/mol. The monoisotopic (exact) mass is 356 g/mol. The van der Waals surface area contributed by atoms with Gasteiger partial charge in [-0.1, -0.05) is 42.5 Å². The number of hydrogen-bond acceptors (Lipinski definition) is 2. The first-order chi connectivity index (χ1) is 12.5. The number of rotatable bonds is 2. The van der Waals surface area contributed by atoms with Gasteiger partial charge in [-0.05, 0) is 40.6 Å². The van der Waals surface area contributed by atoms with Crippen LogP contribution in [0.1, 0.15) is 17.0 Å². The van der Waals surface area contributed by atoms with Crippen LogP contribution in [0.3, 0.4) is 0 Å². The van der Waals surface area contributed by atoms with Gasteiger partial charge in [0.25, 0.3) is 0 Å². The Morgan fingerprint density at radius 2 is 1.65 bits per heavy atom. The fraction of sp³-hybridized carbons (Fsp3) is 0.143. The van der Waals surface area contributed by atoms with Crippen molar-refractivity contribution in [3.8, 4) is 11.5 Å². The summed E-state index contributed by atoms with van der Waals surface area (Å²) in [6, 6.07) is 18.0. The molecule has 1 aliphatic rings. The maximum absolute atomic E-state index is 13.3. The van der Waals surface area contributed by atoms with Crippen LogP contribution < -0.4 is 9.47 Å². The number of methoxy groups -OCH3 is 1. The Hall–Kier alpha value is -2.95. The van der Waals surface area contributed by atoms with Gasteiger partial charge in [0.15, 0.2) is 0 Å². The number of hydrogen-bond donors (Lipinski definition) is 0. The van der Waals surface area contributed by atoms with Crippen molar-refractivity contribution in [1.29, 1.82) is 0 Å². The molecule has 1 atom stereocenters. The molecule has 0 fully saturated rings. The Bertz CT molecular complexity index is 988. The van der Waals surface area contributed by atoms with Gasteiger partial charge in [-0.2, -0.15) is 13.2 Å². The van der Waals surface area contributed by atoms with E-state index in [-0.39, 0.29) is 5.75 Å². The van der Waals surface area contributed by atoms with Gasteiger partial charge in [-0.25, -0.2) is 0 Å². The second-order valence-corrected chi connectivity index (χ2v) is 6.08. The third-order valence-corrected chi connectivity index (χ3v) is 4.53. The Labute approximate surface area is 148 Å². The van der Waals surface area contributed by atoms with Crippen molar-refractivity contribution in [2.24, 2.45) is 0 Å². The summed E-state index contributed by atoms with van der Waals surface area (Å²) in [5.41, 5.74) is 1.48. The molecule has 0 aliphatic carbocycles. The van der Waals surface area contributed by atoms with E-state index in [1.807, 2.05) is 24.3 Å². The minimum atomic E-state index is -4.55. The minimum Gasteiger partial charge on any atom is -0.497 e. The zero-order chi connectivity index (χ0) is 18.3. The lowest BCUT2D eigenvalue weighted by Crippen LogP contribution is -2.22. The molecule has 132 valence electrons. The van der Waals surface area contributed by atoms with E-state index in [1.54, 1.807) is 43.5 Å². The van der Waals surface area contributed by atoms with Crippen molar-refractivity contribution in [1.82, 2.24) is 0 Å². The van der Waals surface area contributed by atoms with E-state index < -0.39 is 17.9 Å². The zero-order valence-corrected chi connectivity index (χ0v) is 13.9. The molecule has 26 heavy (non-hydrogen) atoms. The summed E-state index contributed by atoms with van der Waals surface area (Å²) < 4.78 is 50.4. The molecule has 3 aromatic rings. The first-order valence-corrected chi connectivity index (χ1v) is 8.10. The van der Waals surface area contributed by atoms with E-state index in [1.165, 1.54) is 0 Å². The van der Waals surface area contributed by atoms with Crippen LogP contribution in [0.25, 0.3) is 10.8 Å². The molecule has 0 N–H and O–H groups in total. The van der Waals surface area contributed by atoms with Gasteiger partial charge < -0.3 is 9.47 Å². The molecule has 0 bridgehead atoms. The molecule has 2 nitrogen and oxygen atoms in total. The summed E-state index contributed by atoms with van der Waals surface area (Å²) >= 11 is 0. The molecule has 4 rings (SSSR count). The van der Waals surface area contributed by atoms with Crippen LogP contribution in [-0.2, 0) is 0 Å². The van der Waals surface area contributed by atoms with Crippen molar-refractivity contribution in [2.75, 3.05) is 7.11 Å². The van der Waals surface area contributed by atoms with Gasteiger partial charge in [0, 0.05) is 11.5 Å². The molecular formula is C21H15F3O2. The van der Waals surface area contributed by atoms with Gasteiger partial charge in [0.05, 0.1) is 7.11 Å². The molecule has 0 amide bonds. The predicted molar refractivity (Wildman–Crippen MR) is 93.6 cm³/mol. The van der Waals surface area contributed by atoms with Crippen molar-refractivity contribution >= 4 is 10.8 Å². The van der Waals surface area contributed by atoms with Gasteiger partial charge in [-0.15, -0.1) is 0 Å². The van der Waals surface area contributed by atoms with Crippen LogP contribution in [0.15, 0.2) is 72.5 Å². The average molecular weight is 356 g/mol. The molecule has 0 spiro atoms. The lowest BCUT2D eigenvalue weighted by atomic mass is 9.85. The van der Waals surface area contributed by atoms with E-state index in [0.29, 0.717) is 5.75 Å². The van der Waals surface area contributed by atoms with Crippen LogP contribution in [0, 0.1) is 0 Å². The lowest BCUT2D eigenvalue weighted by Gasteiger charge is -2.27. The van der Waals surface area contributed by atoms with Crippen molar-refractivity contribution in [3.63, 3.8) is 0 Å². The maximum atomic E-state index is 13.3. The number of ether oxygens (including phenoxy) is 2. The predicted octanol–water partition coefficient (Wildman–Crippen LogP) is 5.82. The minimum absolute atomic E-state index is 0.236. The maximum Gasteiger partial charge on any atom is 0.449 e. The highest BCUT2D eigenvalue weighted by Gasteiger charge is 2.40. The fourth-order valence-corrected chi connectivity index (χ4v) is 3.30. The van der Waals surface area contributed by atoms with E-state index >= 15 is 0 Å². The Kier molecular flexibility index (Phi) is 3.87. The van der Waals surface area contributed by atoms with Gasteiger partial charge >= 0.3 is 6.18 Å². The Balaban J connectivity index is 1.94. The first kappa shape index (κ1) is 16.5. The second-order valence-electron chi connectivity index (χ2n) is 6.08. The molecule has 0 radical (unpaired) electrons. The molecule has 3 aromatic carbocycles. The molecule has 1 heterocycles. The van der Waals surface area contributed by atoms with Crippen LogP contribution in [-0.4, -0.2) is 13.3 Å². The van der Waals surface area contributed by atoms with Crippen LogP contribution >= 0.6 is 0 Å². The number of allylic oxidation sites excluding steroid dienone is 2. The van der Waals surface area contributed by atoms with Gasteiger partial charge in [0.1, 0.15) is 11.5 Å². The molecule has 0 saturated carbocycles. The van der Waals surface area contributed by atoms with Crippen LogP contribution in [0.4, 0.5) is 13.2 Å². The number of fused-ring (bicyclic) bond motifs is 3. The molecule has 1 aliphatic heterocycles. The largest absolute Gasteiger partial charge is 0.497 e. The highest BCUT2D eigenvalue weighted by molar-refractivity contribution is 5.89. The smallest absolute Gasteiger partial charge is 0.449 e. The summed E-state index contributed by atoms with van der Waals surface area (Å²) in [6.07, 6.45) is -3.40. The number of benzene rings is 3. The molecule has 0 aromatic heterocycles. The third kappa shape index (κ3) is 2.79. The third-order valence-electron chi connectivity index (χ3n) is 4.53. The van der Waals surface area contributed by atoms with Gasteiger partial charge in [-0.3, -0.25) is 0 Å². The van der Waals surface area contributed by atoms with Crippen LogP contribution in [0.2, 0.25) is 0 Å². The summed E-state index contributed by atoms with van der Waals surface area (Å²) in [6.45, 7) is 0. The first-order valence-electron chi connectivity index (χ1n) is 8.10. The number of halogens is 3. The van der Waals surface area contributed by atoms with Crippen molar-refractivity contribution in [3.05, 3.63) is 83.6 Å². The van der Waals surface area contributed by atoms with E-state index in [9.17, 15) is 13.2 Å². The van der Waals surface area contributed by atoms with Crippen molar-refractivity contribution < 1.29 is 22.6 Å². The number of alkyl halides is 3. The second kappa shape index (κ2) is 6.09. The average Bonchev–Trinajstić information content (AvgIpc) is 2.66. The summed E-state index contributed by atoms with van der Waals surface area (Å²) in [5, 5.41) is 1.83. The van der Waals surface area contributed by atoms with E-state index in [2.05, 4.69) is 0 Å². The van der Waals surface area contributed by atoms with E-state index in [4.69, 9.17) is 9.47 Å².